The Balaban J connectivity index is 1.62. The van der Waals surface area contributed by atoms with Crippen LogP contribution in [0.25, 0.3) is 12.2 Å². The van der Waals surface area contributed by atoms with Crippen LogP contribution in [-0.4, -0.2) is 45.4 Å². The molecule has 6 heteroatoms. The van der Waals surface area contributed by atoms with Crippen molar-refractivity contribution in [3.63, 3.8) is 0 Å². The highest BCUT2D eigenvalue weighted by molar-refractivity contribution is 7.99. The van der Waals surface area contributed by atoms with Crippen LogP contribution >= 0.6 is 11.8 Å². The third-order valence-corrected chi connectivity index (χ3v) is 6.40. The molecule has 28 heavy (non-hydrogen) atoms. The van der Waals surface area contributed by atoms with Gasteiger partial charge in [0.05, 0.1) is 11.3 Å². The fraction of sp³-hybridized carbons (Fsp3) is 0.273. The van der Waals surface area contributed by atoms with Gasteiger partial charge in [0.25, 0.3) is 5.91 Å². The maximum absolute atomic E-state index is 13.2. The van der Waals surface area contributed by atoms with Crippen molar-refractivity contribution in [2.24, 2.45) is 0 Å². The molecule has 2 unspecified atom stereocenters. The summed E-state index contributed by atoms with van der Waals surface area (Å²) >= 11 is 1.74. The Morgan fingerprint density at radius 1 is 1.14 bits per heavy atom. The molecular formula is C22H22N2O3S. The first-order chi connectivity index (χ1) is 13.6. The molecule has 2 N–H and O–H groups in total. The standard InChI is InChI=1S/C22H22N2O3S/c1-2-28-19-11-12-24-20(19)21(26)23-18-10-7-15(13-17(18)22(24)27)4-3-14-5-8-16(25)9-6-14/h3-10,13,19-20,25H,2,11-12H2,1H3,(H,23,26). The molecule has 0 radical (unpaired) electrons. The zero-order valence-electron chi connectivity index (χ0n) is 15.6. The molecular weight excluding hydrogens is 372 g/mol. The van der Waals surface area contributed by atoms with E-state index in [1.165, 1.54) is 0 Å². The van der Waals surface area contributed by atoms with Crippen LogP contribution in [0.5, 0.6) is 5.75 Å². The van der Waals surface area contributed by atoms with E-state index in [4.69, 9.17) is 0 Å². The first-order valence-electron chi connectivity index (χ1n) is 9.41. The topological polar surface area (TPSA) is 69.6 Å². The second-order valence-corrected chi connectivity index (χ2v) is 8.46. The minimum absolute atomic E-state index is 0.0857. The van der Waals surface area contributed by atoms with Gasteiger partial charge in [0.1, 0.15) is 11.8 Å². The smallest absolute Gasteiger partial charge is 0.256 e. The van der Waals surface area contributed by atoms with Crippen molar-refractivity contribution in [3.8, 4) is 5.75 Å². The lowest BCUT2D eigenvalue weighted by atomic mass is 10.1. The number of amides is 2. The van der Waals surface area contributed by atoms with Crippen molar-refractivity contribution >= 4 is 41.4 Å². The SMILES string of the molecule is CCSC1CCN2C(=O)c3cc(C=Cc4ccc(O)cc4)ccc3NC(=O)C12. The molecule has 0 saturated carbocycles. The molecule has 0 aromatic heterocycles. The molecule has 5 nitrogen and oxygen atoms in total. The fourth-order valence-corrected chi connectivity index (χ4v) is 4.93. The van der Waals surface area contributed by atoms with Crippen molar-refractivity contribution < 1.29 is 14.7 Å². The van der Waals surface area contributed by atoms with E-state index >= 15 is 0 Å². The first-order valence-corrected chi connectivity index (χ1v) is 10.5. The molecule has 2 amide bonds. The fourth-order valence-electron chi connectivity index (χ4n) is 3.78. The number of hydrogen-bond donors (Lipinski definition) is 2. The van der Waals surface area contributed by atoms with Gasteiger partial charge in [0.2, 0.25) is 5.91 Å². The number of carbonyl (C=O) groups excluding carboxylic acids is 2. The zero-order valence-corrected chi connectivity index (χ0v) is 16.4. The summed E-state index contributed by atoms with van der Waals surface area (Å²) in [6, 6.07) is 12.0. The van der Waals surface area contributed by atoms with E-state index in [-0.39, 0.29) is 22.8 Å². The van der Waals surface area contributed by atoms with Gasteiger partial charge in [-0.2, -0.15) is 11.8 Å². The van der Waals surface area contributed by atoms with Crippen LogP contribution in [-0.2, 0) is 4.79 Å². The van der Waals surface area contributed by atoms with Crippen molar-refractivity contribution in [1.29, 1.82) is 0 Å². The number of anilines is 1. The molecule has 0 spiro atoms. The van der Waals surface area contributed by atoms with Crippen LogP contribution in [0, 0.1) is 0 Å². The highest BCUT2D eigenvalue weighted by Gasteiger charge is 2.44. The van der Waals surface area contributed by atoms with Crippen LogP contribution in [0.2, 0.25) is 0 Å². The van der Waals surface area contributed by atoms with E-state index in [2.05, 4.69) is 12.2 Å². The Labute approximate surface area is 168 Å². The molecule has 2 aromatic carbocycles. The number of carbonyl (C=O) groups is 2. The molecule has 4 rings (SSSR count). The molecule has 2 heterocycles. The first kappa shape index (κ1) is 18.6. The van der Waals surface area contributed by atoms with Crippen LogP contribution in [0.15, 0.2) is 42.5 Å². The second kappa shape index (κ2) is 7.72. The van der Waals surface area contributed by atoms with Gasteiger partial charge in [0.15, 0.2) is 0 Å². The molecule has 1 fully saturated rings. The average molecular weight is 394 g/mol. The summed E-state index contributed by atoms with van der Waals surface area (Å²) in [5.41, 5.74) is 2.94. The summed E-state index contributed by atoms with van der Waals surface area (Å²) in [5, 5.41) is 12.5. The van der Waals surface area contributed by atoms with Crippen molar-refractivity contribution in [3.05, 3.63) is 59.2 Å². The summed E-state index contributed by atoms with van der Waals surface area (Å²) < 4.78 is 0. The van der Waals surface area contributed by atoms with Crippen molar-refractivity contribution in [2.45, 2.75) is 24.6 Å². The zero-order chi connectivity index (χ0) is 19.7. The molecule has 2 aromatic rings. The van der Waals surface area contributed by atoms with Gasteiger partial charge in [-0.1, -0.05) is 37.3 Å². The summed E-state index contributed by atoms with van der Waals surface area (Å²) in [6.07, 6.45) is 4.69. The Hall–Kier alpha value is -2.73. The number of fused-ring (bicyclic) bond motifs is 2. The van der Waals surface area contributed by atoms with Crippen LogP contribution in [0.1, 0.15) is 34.8 Å². The predicted octanol–water partition coefficient (Wildman–Crippen LogP) is 3.85. The van der Waals surface area contributed by atoms with Crippen molar-refractivity contribution in [1.82, 2.24) is 4.90 Å². The maximum Gasteiger partial charge on any atom is 0.256 e. The van der Waals surface area contributed by atoms with Gasteiger partial charge in [0, 0.05) is 11.8 Å². The van der Waals surface area contributed by atoms with Crippen LogP contribution < -0.4 is 5.32 Å². The summed E-state index contributed by atoms with van der Waals surface area (Å²) in [4.78, 5) is 27.6. The molecule has 0 bridgehead atoms. The number of benzene rings is 2. The monoisotopic (exact) mass is 394 g/mol. The van der Waals surface area contributed by atoms with Gasteiger partial charge >= 0.3 is 0 Å². The summed E-state index contributed by atoms with van der Waals surface area (Å²) in [7, 11) is 0. The Bertz CT molecular complexity index is 939. The van der Waals surface area contributed by atoms with Crippen LogP contribution in [0.4, 0.5) is 5.69 Å². The van der Waals surface area contributed by atoms with E-state index in [9.17, 15) is 14.7 Å². The third kappa shape index (κ3) is 3.52. The van der Waals surface area contributed by atoms with Gasteiger partial charge in [-0.05, 0) is 47.6 Å². The Kier molecular flexibility index (Phi) is 5.13. The highest BCUT2D eigenvalue weighted by atomic mass is 32.2. The van der Waals surface area contributed by atoms with E-state index in [0.29, 0.717) is 17.8 Å². The quantitative estimate of drug-likeness (QED) is 0.773. The lowest BCUT2D eigenvalue weighted by Crippen LogP contribution is -2.44. The minimum atomic E-state index is -0.402. The lowest BCUT2D eigenvalue weighted by Gasteiger charge is -2.23. The van der Waals surface area contributed by atoms with Gasteiger partial charge in [-0.15, -0.1) is 0 Å². The Morgan fingerprint density at radius 2 is 1.86 bits per heavy atom. The number of nitrogens with zero attached hydrogens (tertiary/aromatic N) is 1. The number of thioether (sulfide) groups is 1. The second-order valence-electron chi connectivity index (χ2n) is 6.94. The number of phenolic OH excluding ortho intramolecular Hbond substituents is 1. The van der Waals surface area contributed by atoms with E-state index in [1.54, 1.807) is 34.9 Å². The normalized spacial score (nSPS) is 21.4. The third-order valence-electron chi connectivity index (χ3n) is 5.15. The van der Waals surface area contributed by atoms with E-state index in [1.807, 2.05) is 36.4 Å². The molecule has 1 saturated heterocycles. The lowest BCUT2D eigenvalue weighted by molar-refractivity contribution is -0.119. The Morgan fingerprint density at radius 3 is 2.61 bits per heavy atom. The van der Waals surface area contributed by atoms with Crippen LogP contribution in [0.3, 0.4) is 0 Å². The largest absolute Gasteiger partial charge is 0.508 e. The molecule has 2 aliphatic heterocycles. The van der Waals surface area contributed by atoms with Gasteiger partial charge < -0.3 is 15.3 Å². The summed E-state index contributed by atoms with van der Waals surface area (Å²) in [5.74, 6) is 0.971. The molecule has 0 aliphatic carbocycles. The van der Waals surface area contributed by atoms with Gasteiger partial charge in [-0.3, -0.25) is 9.59 Å². The van der Waals surface area contributed by atoms with Gasteiger partial charge in [-0.25, -0.2) is 0 Å². The maximum atomic E-state index is 13.2. The molecule has 2 atom stereocenters. The van der Waals surface area contributed by atoms with E-state index < -0.39 is 6.04 Å². The summed E-state index contributed by atoms with van der Waals surface area (Å²) in [6.45, 7) is 2.69. The number of phenols is 1. The number of nitrogens with one attached hydrogen (secondary N) is 1. The van der Waals surface area contributed by atoms with Crippen molar-refractivity contribution in [2.75, 3.05) is 17.6 Å². The predicted molar refractivity (Wildman–Crippen MR) is 113 cm³/mol. The highest BCUT2D eigenvalue weighted by Crippen LogP contribution is 2.35. The molecule has 144 valence electrons. The number of hydrogen-bond acceptors (Lipinski definition) is 4. The number of rotatable bonds is 4. The molecule has 2 aliphatic rings. The minimum Gasteiger partial charge on any atom is -0.508 e. The number of aromatic hydroxyl groups is 1. The van der Waals surface area contributed by atoms with E-state index in [0.717, 1.165) is 23.3 Å². The average Bonchev–Trinajstić information content (AvgIpc) is 3.07.